The molecule has 6 nitrogen and oxygen atoms in total. The largest absolute Gasteiger partial charge is 0.362 e. The van der Waals surface area contributed by atoms with Crippen LogP contribution in [0.2, 0.25) is 0 Å². The molecule has 0 bridgehead atoms. The summed E-state index contributed by atoms with van der Waals surface area (Å²) in [6, 6.07) is 32.8. The molecular formula is C44H38N6. The fourth-order valence-electron chi connectivity index (χ4n) is 6.79. The fourth-order valence-corrected chi connectivity index (χ4v) is 6.79. The molecule has 2 atom stereocenters. The number of anilines is 3. The fraction of sp³-hybridized carbons (Fsp3) is 0.205. The van der Waals surface area contributed by atoms with Crippen LogP contribution >= 0.6 is 0 Å². The first-order valence-corrected chi connectivity index (χ1v) is 17.3. The highest BCUT2D eigenvalue weighted by Crippen LogP contribution is 2.35. The molecule has 244 valence electrons. The summed E-state index contributed by atoms with van der Waals surface area (Å²) in [6.07, 6.45) is 21.8. The van der Waals surface area contributed by atoms with Gasteiger partial charge in [0.15, 0.2) is 11.7 Å². The van der Waals surface area contributed by atoms with Gasteiger partial charge in [-0.15, -0.1) is 5.92 Å². The van der Waals surface area contributed by atoms with Crippen LogP contribution in [0.1, 0.15) is 50.5 Å². The Bertz CT molecular complexity index is 2090. The minimum absolute atomic E-state index is 0.122. The van der Waals surface area contributed by atoms with Crippen LogP contribution in [0.4, 0.5) is 17.1 Å². The molecule has 3 aliphatic carbocycles. The monoisotopic (exact) mass is 650 g/mol. The SMILES string of the molecule is N#CC1=C(c2ccc(N(C3=CCCC=C3)c3ccccc3)cc2)NC(C#N)C(C2C=CC(N(/C3=C/CCCC#CC3)c3ccccc3)=CC2)=N1. The van der Waals surface area contributed by atoms with Gasteiger partial charge < -0.3 is 15.1 Å². The Balaban J connectivity index is 1.16. The minimum Gasteiger partial charge on any atom is -0.362 e. The summed E-state index contributed by atoms with van der Waals surface area (Å²) in [7, 11) is 0. The Kier molecular flexibility index (Phi) is 9.87. The maximum atomic E-state index is 10.3. The Morgan fingerprint density at radius 1 is 0.740 bits per heavy atom. The van der Waals surface area contributed by atoms with E-state index in [1.54, 1.807) is 0 Å². The molecule has 0 amide bonds. The predicted octanol–water partition coefficient (Wildman–Crippen LogP) is 9.62. The molecule has 3 aromatic carbocycles. The van der Waals surface area contributed by atoms with Crippen LogP contribution in [0.3, 0.4) is 0 Å². The van der Waals surface area contributed by atoms with E-state index in [1.807, 2.05) is 36.4 Å². The molecule has 6 heteroatoms. The topological polar surface area (TPSA) is 78.5 Å². The summed E-state index contributed by atoms with van der Waals surface area (Å²) < 4.78 is 0. The molecule has 0 radical (unpaired) electrons. The molecule has 0 spiro atoms. The van der Waals surface area contributed by atoms with Gasteiger partial charge >= 0.3 is 0 Å². The van der Waals surface area contributed by atoms with Crippen molar-refractivity contribution in [2.45, 2.75) is 51.0 Å². The van der Waals surface area contributed by atoms with E-state index >= 15 is 0 Å². The molecule has 1 heterocycles. The van der Waals surface area contributed by atoms with Gasteiger partial charge in [-0.3, -0.25) is 0 Å². The van der Waals surface area contributed by atoms with Crippen molar-refractivity contribution in [3.05, 3.63) is 156 Å². The van der Waals surface area contributed by atoms with Crippen molar-refractivity contribution in [1.29, 1.82) is 10.5 Å². The van der Waals surface area contributed by atoms with Crippen molar-refractivity contribution in [2.75, 3.05) is 9.80 Å². The van der Waals surface area contributed by atoms with E-state index in [0.717, 1.165) is 66.1 Å². The predicted molar refractivity (Wildman–Crippen MR) is 203 cm³/mol. The molecule has 0 saturated carbocycles. The molecule has 0 fully saturated rings. The quantitative estimate of drug-likeness (QED) is 0.246. The standard InChI is InChI=1S/C44H38N6/c45-31-41-43(33-23-27-39(28-24-33)49(36-17-9-4-10-18-36)35-15-7-2-1-3-8-16-35)47-42(32-46)44(48-41)34-25-29-40(30-26-34)50(37-19-11-5-12-20-37)38-21-13-6-14-22-38/h4-5,9-13,15,17-23,25-30,33,41,48H,1-2,6-7,14,16,24H2/b35-15+. The Morgan fingerprint density at radius 3 is 2.12 bits per heavy atom. The first-order chi connectivity index (χ1) is 24.7. The molecule has 50 heavy (non-hydrogen) atoms. The molecule has 3 aromatic rings. The lowest BCUT2D eigenvalue weighted by atomic mass is 9.88. The van der Waals surface area contributed by atoms with Crippen molar-refractivity contribution in [3.8, 4) is 24.0 Å². The molecular weight excluding hydrogens is 613 g/mol. The number of benzene rings is 3. The van der Waals surface area contributed by atoms with Gasteiger partial charge in [0.05, 0.1) is 17.5 Å². The third-order valence-corrected chi connectivity index (χ3v) is 9.26. The highest BCUT2D eigenvalue weighted by molar-refractivity contribution is 6.00. The summed E-state index contributed by atoms with van der Waals surface area (Å²) in [5, 5.41) is 24.0. The minimum atomic E-state index is -0.668. The summed E-state index contributed by atoms with van der Waals surface area (Å²) in [4.78, 5) is 9.38. The van der Waals surface area contributed by atoms with Gasteiger partial charge in [0, 0.05) is 58.5 Å². The first-order valence-electron chi connectivity index (χ1n) is 17.3. The van der Waals surface area contributed by atoms with Gasteiger partial charge in [0.1, 0.15) is 6.07 Å². The number of nitrogens with one attached hydrogen (secondary N) is 1. The molecule has 1 N–H and O–H groups in total. The molecule has 0 saturated heterocycles. The second kappa shape index (κ2) is 15.3. The van der Waals surface area contributed by atoms with Crippen molar-refractivity contribution in [3.63, 3.8) is 0 Å². The third kappa shape index (κ3) is 6.95. The lowest BCUT2D eigenvalue weighted by Gasteiger charge is -2.32. The number of nitriles is 2. The van der Waals surface area contributed by atoms with Gasteiger partial charge in [-0.2, -0.15) is 10.5 Å². The van der Waals surface area contributed by atoms with Crippen LogP contribution < -0.4 is 15.1 Å². The number of para-hydroxylation sites is 2. The number of aliphatic imine (C=N–C) groups is 1. The van der Waals surface area contributed by atoms with E-state index in [1.165, 1.54) is 5.70 Å². The summed E-state index contributed by atoms with van der Waals surface area (Å²) >= 11 is 0. The molecule has 4 aliphatic rings. The van der Waals surface area contributed by atoms with E-state index in [2.05, 4.69) is 130 Å². The maximum absolute atomic E-state index is 10.3. The Labute approximate surface area is 295 Å². The van der Waals surface area contributed by atoms with E-state index in [-0.39, 0.29) is 11.6 Å². The average molecular weight is 651 g/mol. The number of rotatable bonds is 8. The van der Waals surface area contributed by atoms with E-state index in [9.17, 15) is 10.5 Å². The van der Waals surface area contributed by atoms with E-state index in [0.29, 0.717) is 24.3 Å². The van der Waals surface area contributed by atoms with Crippen molar-refractivity contribution in [2.24, 2.45) is 10.9 Å². The zero-order valence-corrected chi connectivity index (χ0v) is 28.0. The van der Waals surface area contributed by atoms with Crippen molar-refractivity contribution >= 4 is 28.5 Å². The van der Waals surface area contributed by atoms with Crippen molar-refractivity contribution in [1.82, 2.24) is 5.32 Å². The van der Waals surface area contributed by atoms with Gasteiger partial charge in [-0.25, -0.2) is 4.99 Å². The van der Waals surface area contributed by atoms with Crippen molar-refractivity contribution < 1.29 is 0 Å². The average Bonchev–Trinajstić information content (AvgIpc) is 3.17. The lowest BCUT2D eigenvalue weighted by molar-refractivity contribution is 0.768. The lowest BCUT2D eigenvalue weighted by Crippen LogP contribution is -2.41. The second-order valence-corrected chi connectivity index (χ2v) is 12.5. The number of hydrogen-bond acceptors (Lipinski definition) is 6. The van der Waals surface area contributed by atoms with Gasteiger partial charge in [-0.1, -0.05) is 84.8 Å². The van der Waals surface area contributed by atoms with Gasteiger partial charge in [0.25, 0.3) is 0 Å². The summed E-state index contributed by atoms with van der Waals surface area (Å²) in [6.45, 7) is 0. The molecule has 2 unspecified atom stereocenters. The summed E-state index contributed by atoms with van der Waals surface area (Å²) in [5.41, 5.74) is 8.86. The first kappa shape index (κ1) is 32.3. The van der Waals surface area contributed by atoms with Crippen LogP contribution in [0.15, 0.2) is 155 Å². The molecule has 7 rings (SSSR count). The van der Waals surface area contributed by atoms with Crippen LogP contribution in [0.25, 0.3) is 5.70 Å². The number of hydrogen-bond donors (Lipinski definition) is 1. The second-order valence-electron chi connectivity index (χ2n) is 12.5. The number of nitrogens with zero attached hydrogens (tertiary/aromatic N) is 5. The van der Waals surface area contributed by atoms with Crippen LogP contribution in [0, 0.1) is 40.4 Å². The zero-order valence-electron chi connectivity index (χ0n) is 28.0. The van der Waals surface area contributed by atoms with Gasteiger partial charge in [0.2, 0.25) is 0 Å². The third-order valence-electron chi connectivity index (χ3n) is 9.26. The van der Waals surface area contributed by atoms with Crippen LogP contribution in [-0.2, 0) is 0 Å². The Morgan fingerprint density at radius 2 is 1.46 bits per heavy atom. The zero-order chi connectivity index (χ0) is 34.1. The normalized spacial score (nSPS) is 20.8. The molecule has 1 aliphatic heterocycles. The highest BCUT2D eigenvalue weighted by atomic mass is 15.2. The van der Waals surface area contributed by atoms with E-state index < -0.39 is 6.04 Å². The molecule has 0 aromatic heterocycles. The maximum Gasteiger partial charge on any atom is 0.164 e. The van der Waals surface area contributed by atoms with Crippen LogP contribution in [0.5, 0.6) is 0 Å². The smallest absolute Gasteiger partial charge is 0.164 e. The highest BCUT2D eigenvalue weighted by Gasteiger charge is 2.31. The Hall–Kier alpha value is -6.29. The van der Waals surface area contributed by atoms with Gasteiger partial charge in [-0.05, 0) is 80.7 Å². The summed E-state index contributed by atoms with van der Waals surface area (Å²) in [5.74, 6) is 6.52. The number of allylic oxidation sites excluding steroid dienone is 9. The van der Waals surface area contributed by atoms with Crippen LogP contribution in [-0.4, -0.2) is 11.8 Å². The van der Waals surface area contributed by atoms with E-state index in [4.69, 9.17) is 4.99 Å².